The number of nitrogens with one attached hydrogen (secondary N) is 1. The van der Waals surface area contributed by atoms with Gasteiger partial charge in [-0.15, -0.1) is 0 Å². The average molecular weight is 254 g/mol. The maximum absolute atomic E-state index is 6.30. The number of ether oxygens (including phenoxy) is 1. The van der Waals surface area contributed by atoms with Crippen molar-refractivity contribution in [3.8, 4) is 0 Å². The number of nitrogens with zero attached hydrogens (tertiary/aromatic N) is 1. The van der Waals surface area contributed by atoms with Crippen LogP contribution in [0.4, 0.5) is 0 Å². The smallest absolute Gasteiger partial charge is 0.0790 e. The SMILES string of the molecule is CNC1C(CN(C)C2CCC2)C(C)(C)OC1(C)C. The van der Waals surface area contributed by atoms with Gasteiger partial charge in [-0.05, 0) is 54.6 Å². The summed E-state index contributed by atoms with van der Waals surface area (Å²) < 4.78 is 6.30. The molecule has 0 radical (unpaired) electrons. The van der Waals surface area contributed by atoms with Gasteiger partial charge in [0.1, 0.15) is 0 Å². The van der Waals surface area contributed by atoms with Crippen molar-refractivity contribution in [3.63, 3.8) is 0 Å². The van der Waals surface area contributed by atoms with Gasteiger partial charge in [-0.25, -0.2) is 0 Å². The number of hydrogen-bond donors (Lipinski definition) is 1. The van der Waals surface area contributed by atoms with Crippen LogP contribution in [0.1, 0.15) is 47.0 Å². The maximum atomic E-state index is 6.30. The highest BCUT2D eigenvalue weighted by Gasteiger charge is 2.53. The third-order valence-corrected chi connectivity index (χ3v) is 5.06. The second-order valence-corrected chi connectivity index (χ2v) is 7.21. The van der Waals surface area contributed by atoms with E-state index in [2.05, 4.69) is 52.0 Å². The lowest BCUT2D eigenvalue weighted by Crippen LogP contribution is -2.51. The van der Waals surface area contributed by atoms with E-state index >= 15 is 0 Å². The molecule has 1 aliphatic carbocycles. The molecule has 1 N–H and O–H groups in total. The van der Waals surface area contributed by atoms with Gasteiger partial charge in [0.2, 0.25) is 0 Å². The molecule has 106 valence electrons. The Morgan fingerprint density at radius 3 is 2.22 bits per heavy atom. The van der Waals surface area contributed by atoms with Crippen molar-refractivity contribution in [3.05, 3.63) is 0 Å². The summed E-state index contributed by atoms with van der Waals surface area (Å²) in [4.78, 5) is 2.55. The largest absolute Gasteiger partial charge is 0.368 e. The molecule has 0 spiro atoms. The number of hydrogen-bond acceptors (Lipinski definition) is 3. The van der Waals surface area contributed by atoms with E-state index in [-0.39, 0.29) is 11.2 Å². The quantitative estimate of drug-likeness (QED) is 0.833. The fraction of sp³-hybridized carbons (Fsp3) is 1.00. The minimum atomic E-state index is -0.0800. The van der Waals surface area contributed by atoms with Gasteiger partial charge in [0.15, 0.2) is 0 Å². The van der Waals surface area contributed by atoms with Crippen molar-refractivity contribution in [2.75, 3.05) is 20.6 Å². The number of likely N-dealkylation sites (N-methyl/N-ethyl adjacent to an activating group) is 1. The molecule has 1 heterocycles. The maximum Gasteiger partial charge on any atom is 0.0790 e. The van der Waals surface area contributed by atoms with Crippen LogP contribution in [-0.2, 0) is 4.74 Å². The summed E-state index contributed by atoms with van der Waals surface area (Å²) in [5.74, 6) is 0.545. The van der Waals surface area contributed by atoms with E-state index in [9.17, 15) is 0 Å². The lowest BCUT2D eigenvalue weighted by molar-refractivity contribution is -0.0801. The summed E-state index contributed by atoms with van der Waals surface area (Å²) in [6, 6.07) is 1.23. The third kappa shape index (κ3) is 2.45. The molecule has 0 aromatic heterocycles. The minimum Gasteiger partial charge on any atom is -0.368 e. The van der Waals surface area contributed by atoms with E-state index in [1.165, 1.54) is 19.3 Å². The molecule has 1 saturated carbocycles. The lowest BCUT2D eigenvalue weighted by Gasteiger charge is -2.39. The van der Waals surface area contributed by atoms with Crippen molar-refractivity contribution in [1.29, 1.82) is 0 Å². The molecular weight excluding hydrogens is 224 g/mol. The molecule has 3 heteroatoms. The van der Waals surface area contributed by atoms with Crippen LogP contribution in [0.25, 0.3) is 0 Å². The van der Waals surface area contributed by atoms with Crippen LogP contribution < -0.4 is 5.32 Å². The summed E-state index contributed by atoms with van der Waals surface area (Å²) >= 11 is 0. The molecule has 0 amide bonds. The zero-order chi connectivity index (χ0) is 13.6. The Morgan fingerprint density at radius 1 is 1.17 bits per heavy atom. The van der Waals surface area contributed by atoms with Gasteiger partial charge in [-0.3, -0.25) is 0 Å². The molecule has 18 heavy (non-hydrogen) atoms. The van der Waals surface area contributed by atoms with Crippen LogP contribution in [0, 0.1) is 5.92 Å². The zero-order valence-corrected chi connectivity index (χ0v) is 12.9. The van der Waals surface area contributed by atoms with Crippen molar-refractivity contribution in [1.82, 2.24) is 10.2 Å². The second kappa shape index (κ2) is 4.77. The predicted octanol–water partition coefficient (Wildman–Crippen LogP) is 2.26. The summed E-state index contributed by atoms with van der Waals surface area (Å²) in [5, 5.41) is 3.49. The molecule has 2 unspecified atom stereocenters. The van der Waals surface area contributed by atoms with E-state index in [1.807, 2.05) is 0 Å². The Hall–Kier alpha value is -0.120. The first-order valence-electron chi connectivity index (χ1n) is 7.35. The summed E-state index contributed by atoms with van der Waals surface area (Å²) in [7, 11) is 4.34. The summed E-state index contributed by atoms with van der Waals surface area (Å²) in [6.45, 7) is 10.0. The first-order chi connectivity index (χ1) is 8.28. The fourth-order valence-corrected chi connectivity index (χ4v) is 3.86. The monoisotopic (exact) mass is 254 g/mol. The van der Waals surface area contributed by atoms with E-state index < -0.39 is 0 Å². The molecule has 0 bridgehead atoms. The molecular formula is C15H30N2O. The average Bonchev–Trinajstić information content (AvgIpc) is 2.28. The molecule has 1 saturated heterocycles. The first-order valence-corrected chi connectivity index (χ1v) is 7.35. The van der Waals surface area contributed by atoms with Gasteiger partial charge in [-0.1, -0.05) is 6.42 Å². The molecule has 0 aromatic rings. The number of rotatable bonds is 4. The topological polar surface area (TPSA) is 24.5 Å². The normalized spacial score (nSPS) is 34.8. The molecule has 1 aliphatic heterocycles. The second-order valence-electron chi connectivity index (χ2n) is 7.21. The van der Waals surface area contributed by atoms with Crippen molar-refractivity contribution < 1.29 is 4.74 Å². The van der Waals surface area contributed by atoms with Gasteiger partial charge >= 0.3 is 0 Å². The molecule has 2 aliphatic rings. The van der Waals surface area contributed by atoms with Crippen molar-refractivity contribution in [2.24, 2.45) is 5.92 Å². The van der Waals surface area contributed by atoms with E-state index in [0.29, 0.717) is 12.0 Å². The Kier molecular flexibility index (Phi) is 3.79. The highest BCUT2D eigenvalue weighted by molar-refractivity contribution is 5.06. The highest BCUT2D eigenvalue weighted by Crippen LogP contribution is 2.43. The van der Waals surface area contributed by atoms with Crippen LogP contribution in [0.15, 0.2) is 0 Å². The van der Waals surface area contributed by atoms with Gasteiger partial charge in [0, 0.05) is 24.5 Å². The van der Waals surface area contributed by atoms with E-state index in [4.69, 9.17) is 4.74 Å². The Balaban J connectivity index is 2.08. The fourth-order valence-electron chi connectivity index (χ4n) is 3.86. The van der Waals surface area contributed by atoms with Crippen LogP contribution in [0.2, 0.25) is 0 Å². The Morgan fingerprint density at radius 2 is 1.78 bits per heavy atom. The highest BCUT2D eigenvalue weighted by atomic mass is 16.5. The minimum absolute atomic E-state index is 0.0464. The molecule has 2 atom stereocenters. The Labute approximate surface area is 112 Å². The van der Waals surface area contributed by atoms with Gasteiger partial charge in [0.05, 0.1) is 11.2 Å². The standard InChI is InChI=1S/C15H30N2O/c1-14(2)12(10-17(6)11-8-7-9-11)13(16-5)15(3,4)18-14/h11-13,16H,7-10H2,1-6H3. The van der Waals surface area contributed by atoms with Crippen molar-refractivity contribution in [2.45, 2.75) is 70.2 Å². The molecule has 0 aromatic carbocycles. The predicted molar refractivity (Wildman–Crippen MR) is 75.8 cm³/mol. The molecule has 2 fully saturated rings. The molecule has 2 rings (SSSR count). The Bertz CT molecular complexity index is 297. The summed E-state index contributed by atoms with van der Waals surface area (Å²) in [5.41, 5.74) is -0.126. The van der Waals surface area contributed by atoms with Gasteiger partial charge in [0.25, 0.3) is 0 Å². The van der Waals surface area contributed by atoms with E-state index in [1.54, 1.807) is 0 Å². The lowest BCUT2D eigenvalue weighted by atomic mass is 9.81. The van der Waals surface area contributed by atoms with Crippen molar-refractivity contribution >= 4 is 0 Å². The van der Waals surface area contributed by atoms with Crippen LogP contribution >= 0.6 is 0 Å². The third-order valence-electron chi connectivity index (χ3n) is 5.06. The van der Waals surface area contributed by atoms with Crippen LogP contribution in [-0.4, -0.2) is 48.8 Å². The molecule has 3 nitrogen and oxygen atoms in total. The van der Waals surface area contributed by atoms with Crippen LogP contribution in [0.3, 0.4) is 0 Å². The van der Waals surface area contributed by atoms with Crippen LogP contribution in [0.5, 0.6) is 0 Å². The van der Waals surface area contributed by atoms with E-state index in [0.717, 1.165) is 12.6 Å². The first kappa shape index (κ1) is 14.3. The summed E-state index contributed by atoms with van der Waals surface area (Å²) in [6.07, 6.45) is 4.15. The van der Waals surface area contributed by atoms with Gasteiger partial charge < -0.3 is 15.0 Å². The zero-order valence-electron chi connectivity index (χ0n) is 12.9. The van der Waals surface area contributed by atoms with Gasteiger partial charge in [-0.2, -0.15) is 0 Å².